The maximum atomic E-state index is 12.4. The molecule has 1 saturated heterocycles. The first-order chi connectivity index (χ1) is 10.6. The van der Waals surface area contributed by atoms with E-state index in [1.807, 2.05) is 36.9 Å². The van der Waals surface area contributed by atoms with E-state index >= 15 is 0 Å². The van der Waals surface area contributed by atoms with Gasteiger partial charge in [-0.3, -0.25) is 4.79 Å². The van der Waals surface area contributed by atoms with Crippen molar-refractivity contribution in [1.82, 2.24) is 15.3 Å². The molecular weight excluding hydrogens is 280 g/mol. The van der Waals surface area contributed by atoms with Crippen LogP contribution in [-0.4, -0.2) is 28.5 Å². The van der Waals surface area contributed by atoms with E-state index in [1.54, 1.807) is 6.26 Å². The summed E-state index contributed by atoms with van der Waals surface area (Å²) >= 11 is 0. The standard InChI is InChI=1S/C16H20N4O2/c1-11-9-12(2)19-16(18-11)20-7-3-6-14(20)15(21)17-10-13-5-4-8-22-13/h4-5,8-9,14H,3,6-7,10H2,1-2H3,(H,17,21). The van der Waals surface area contributed by atoms with Crippen LogP contribution in [0.4, 0.5) is 5.95 Å². The third-order valence-corrected chi connectivity index (χ3v) is 3.80. The van der Waals surface area contributed by atoms with Crippen LogP contribution in [-0.2, 0) is 11.3 Å². The Hall–Kier alpha value is -2.37. The van der Waals surface area contributed by atoms with Crippen LogP contribution in [0.25, 0.3) is 0 Å². The van der Waals surface area contributed by atoms with Crippen molar-refractivity contribution >= 4 is 11.9 Å². The molecule has 2 aromatic heterocycles. The zero-order chi connectivity index (χ0) is 15.5. The molecule has 1 aliphatic heterocycles. The summed E-state index contributed by atoms with van der Waals surface area (Å²) in [5.41, 5.74) is 1.84. The van der Waals surface area contributed by atoms with Crippen molar-refractivity contribution in [3.63, 3.8) is 0 Å². The first-order valence-corrected chi connectivity index (χ1v) is 7.52. The van der Waals surface area contributed by atoms with Crippen LogP contribution in [0.15, 0.2) is 28.9 Å². The monoisotopic (exact) mass is 300 g/mol. The zero-order valence-electron chi connectivity index (χ0n) is 12.9. The summed E-state index contributed by atoms with van der Waals surface area (Å²) < 4.78 is 5.24. The van der Waals surface area contributed by atoms with Crippen molar-refractivity contribution in [1.29, 1.82) is 0 Å². The van der Waals surface area contributed by atoms with Gasteiger partial charge in [-0.25, -0.2) is 9.97 Å². The Kier molecular flexibility index (Phi) is 4.09. The van der Waals surface area contributed by atoms with Gasteiger partial charge in [0.2, 0.25) is 11.9 Å². The lowest BCUT2D eigenvalue weighted by molar-refractivity contribution is -0.122. The van der Waals surface area contributed by atoms with Crippen LogP contribution >= 0.6 is 0 Å². The van der Waals surface area contributed by atoms with Crippen LogP contribution in [0, 0.1) is 13.8 Å². The van der Waals surface area contributed by atoms with E-state index in [-0.39, 0.29) is 11.9 Å². The van der Waals surface area contributed by atoms with Crippen molar-refractivity contribution in [2.45, 2.75) is 39.3 Å². The topological polar surface area (TPSA) is 71.3 Å². The van der Waals surface area contributed by atoms with Crippen molar-refractivity contribution in [2.24, 2.45) is 0 Å². The smallest absolute Gasteiger partial charge is 0.243 e. The molecule has 1 N–H and O–H groups in total. The average Bonchev–Trinajstić information content (AvgIpc) is 3.15. The molecule has 6 heteroatoms. The van der Waals surface area contributed by atoms with Gasteiger partial charge in [0.1, 0.15) is 11.8 Å². The van der Waals surface area contributed by atoms with Crippen molar-refractivity contribution in [2.75, 3.05) is 11.4 Å². The summed E-state index contributed by atoms with van der Waals surface area (Å²) in [4.78, 5) is 23.4. The van der Waals surface area contributed by atoms with E-state index in [1.165, 1.54) is 0 Å². The predicted octanol–water partition coefficient (Wildman–Crippen LogP) is 1.97. The number of carbonyl (C=O) groups is 1. The molecule has 2 aromatic rings. The number of nitrogens with zero attached hydrogens (tertiary/aromatic N) is 3. The van der Waals surface area contributed by atoms with Gasteiger partial charge in [0.15, 0.2) is 0 Å². The quantitative estimate of drug-likeness (QED) is 0.934. The molecule has 0 aromatic carbocycles. The second kappa shape index (κ2) is 6.17. The Bertz CT molecular complexity index is 634. The fraction of sp³-hybridized carbons (Fsp3) is 0.438. The summed E-state index contributed by atoms with van der Waals surface area (Å²) in [5, 5.41) is 2.93. The zero-order valence-corrected chi connectivity index (χ0v) is 12.9. The Balaban J connectivity index is 1.70. The molecular formula is C16H20N4O2. The number of carbonyl (C=O) groups excluding carboxylic acids is 1. The van der Waals surface area contributed by atoms with E-state index in [0.717, 1.165) is 36.5 Å². The van der Waals surface area contributed by atoms with Gasteiger partial charge in [-0.1, -0.05) is 0 Å². The van der Waals surface area contributed by atoms with Crippen molar-refractivity contribution < 1.29 is 9.21 Å². The highest BCUT2D eigenvalue weighted by molar-refractivity contribution is 5.85. The number of anilines is 1. The number of aryl methyl sites for hydroxylation is 2. The van der Waals surface area contributed by atoms with E-state index in [9.17, 15) is 4.79 Å². The van der Waals surface area contributed by atoms with Gasteiger partial charge in [0, 0.05) is 17.9 Å². The molecule has 116 valence electrons. The SMILES string of the molecule is Cc1cc(C)nc(N2CCCC2C(=O)NCc2ccco2)n1. The average molecular weight is 300 g/mol. The lowest BCUT2D eigenvalue weighted by Crippen LogP contribution is -2.43. The molecule has 1 unspecified atom stereocenters. The number of hydrogen-bond donors (Lipinski definition) is 1. The molecule has 1 amide bonds. The number of furan rings is 1. The van der Waals surface area contributed by atoms with Gasteiger partial charge in [0.05, 0.1) is 12.8 Å². The minimum atomic E-state index is -0.212. The number of rotatable bonds is 4. The first-order valence-electron chi connectivity index (χ1n) is 7.52. The van der Waals surface area contributed by atoms with Crippen molar-refractivity contribution in [3.8, 4) is 0 Å². The van der Waals surface area contributed by atoms with E-state index in [4.69, 9.17) is 4.42 Å². The highest BCUT2D eigenvalue weighted by Crippen LogP contribution is 2.23. The molecule has 1 aliphatic rings. The van der Waals surface area contributed by atoms with Crippen molar-refractivity contribution in [3.05, 3.63) is 41.6 Å². The fourth-order valence-corrected chi connectivity index (χ4v) is 2.82. The Labute approximate surface area is 129 Å². The molecule has 3 rings (SSSR count). The van der Waals surface area contributed by atoms with Gasteiger partial charge >= 0.3 is 0 Å². The summed E-state index contributed by atoms with van der Waals surface area (Å²) in [6.45, 7) is 5.10. The molecule has 3 heterocycles. The molecule has 0 spiro atoms. The molecule has 0 bridgehead atoms. The molecule has 0 saturated carbocycles. The van der Waals surface area contributed by atoms with Crippen LogP contribution in [0.3, 0.4) is 0 Å². The second-order valence-electron chi connectivity index (χ2n) is 5.60. The second-order valence-corrected chi connectivity index (χ2v) is 5.60. The molecule has 1 fully saturated rings. The third kappa shape index (κ3) is 3.10. The summed E-state index contributed by atoms with van der Waals surface area (Å²) in [7, 11) is 0. The predicted molar refractivity (Wildman–Crippen MR) is 82.4 cm³/mol. The van der Waals surface area contributed by atoms with Gasteiger partial charge in [-0.15, -0.1) is 0 Å². The minimum absolute atomic E-state index is 0.00309. The fourth-order valence-electron chi connectivity index (χ4n) is 2.82. The Morgan fingerprint density at radius 3 is 2.86 bits per heavy atom. The Morgan fingerprint density at radius 1 is 1.41 bits per heavy atom. The molecule has 1 atom stereocenters. The number of amides is 1. The lowest BCUT2D eigenvalue weighted by atomic mass is 10.2. The molecule has 0 aliphatic carbocycles. The molecule has 22 heavy (non-hydrogen) atoms. The minimum Gasteiger partial charge on any atom is -0.467 e. The largest absolute Gasteiger partial charge is 0.467 e. The van der Waals surface area contributed by atoms with E-state index < -0.39 is 0 Å². The van der Waals surface area contributed by atoms with E-state index in [2.05, 4.69) is 15.3 Å². The lowest BCUT2D eigenvalue weighted by Gasteiger charge is -2.24. The van der Waals surface area contributed by atoms with Gasteiger partial charge in [-0.05, 0) is 44.9 Å². The van der Waals surface area contributed by atoms with Crippen LogP contribution in [0.5, 0.6) is 0 Å². The summed E-state index contributed by atoms with van der Waals surface area (Å²) in [6, 6.07) is 5.38. The highest BCUT2D eigenvalue weighted by atomic mass is 16.3. The van der Waals surface area contributed by atoms with Gasteiger partial charge < -0.3 is 14.6 Å². The van der Waals surface area contributed by atoms with E-state index in [0.29, 0.717) is 12.5 Å². The number of hydrogen-bond acceptors (Lipinski definition) is 5. The number of aromatic nitrogens is 2. The van der Waals surface area contributed by atoms with Crippen LogP contribution in [0.2, 0.25) is 0 Å². The highest BCUT2D eigenvalue weighted by Gasteiger charge is 2.32. The summed E-state index contributed by atoms with van der Waals surface area (Å²) in [6.07, 6.45) is 3.39. The van der Waals surface area contributed by atoms with Gasteiger partial charge in [0.25, 0.3) is 0 Å². The molecule has 6 nitrogen and oxygen atoms in total. The molecule has 0 radical (unpaired) electrons. The number of nitrogens with one attached hydrogen (secondary N) is 1. The van der Waals surface area contributed by atoms with Gasteiger partial charge in [-0.2, -0.15) is 0 Å². The van der Waals surface area contributed by atoms with Crippen LogP contribution in [0.1, 0.15) is 30.0 Å². The normalized spacial score (nSPS) is 17.7. The maximum absolute atomic E-state index is 12.4. The maximum Gasteiger partial charge on any atom is 0.243 e. The van der Waals surface area contributed by atoms with Crippen LogP contribution < -0.4 is 10.2 Å². The first kappa shape index (κ1) is 14.6. The third-order valence-electron chi connectivity index (χ3n) is 3.80. The Morgan fingerprint density at radius 2 is 2.18 bits per heavy atom. The summed E-state index contributed by atoms with van der Waals surface area (Å²) in [5.74, 6) is 1.39.